The fourth-order valence-electron chi connectivity index (χ4n) is 4.36. The van der Waals surface area contributed by atoms with E-state index < -0.39 is 11.9 Å². The maximum Gasteiger partial charge on any atom is 0.434 e. The molecule has 12 heteroatoms. The summed E-state index contributed by atoms with van der Waals surface area (Å²) >= 11 is 0. The largest absolute Gasteiger partial charge is 0.493 e. The standard InChI is InChI=1S/C25H23F3N8O/c1-3-34-14-20(25(26,27)28)32-23(34)16-6-4-15(5-7-16)13-35-24-17(11-30-35)10-29-22(33-24)21-19(37-2)12-31-36(21)18-8-9-18/h4-7,10-12,14,18H,3,8-9,13H2,1-2H3. The highest BCUT2D eigenvalue weighted by molar-refractivity contribution is 5.76. The highest BCUT2D eigenvalue weighted by Gasteiger charge is 2.35. The van der Waals surface area contributed by atoms with Crippen molar-refractivity contribution in [1.82, 2.24) is 39.1 Å². The van der Waals surface area contributed by atoms with Gasteiger partial charge in [0.2, 0.25) is 0 Å². The lowest BCUT2D eigenvalue weighted by Crippen LogP contribution is -2.06. The second-order valence-corrected chi connectivity index (χ2v) is 8.94. The van der Waals surface area contributed by atoms with Gasteiger partial charge in [0.05, 0.1) is 37.5 Å². The lowest BCUT2D eigenvalue weighted by atomic mass is 10.1. The molecule has 190 valence electrons. The van der Waals surface area contributed by atoms with Gasteiger partial charge in [-0.2, -0.15) is 23.4 Å². The van der Waals surface area contributed by atoms with Crippen molar-refractivity contribution in [3.05, 3.63) is 60.3 Å². The smallest absolute Gasteiger partial charge is 0.434 e. The molecule has 0 radical (unpaired) electrons. The number of imidazole rings is 1. The monoisotopic (exact) mass is 508 g/mol. The SMILES string of the molecule is CCn1cc(C(F)(F)F)nc1-c1ccc(Cn2ncc3cnc(-c4c(OC)cnn4C4CC4)nc32)cc1. The summed E-state index contributed by atoms with van der Waals surface area (Å²) in [5, 5.41) is 9.74. The van der Waals surface area contributed by atoms with E-state index in [4.69, 9.17) is 9.72 Å². The van der Waals surface area contributed by atoms with Crippen molar-refractivity contribution in [1.29, 1.82) is 0 Å². The van der Waals surface area contributed by atoms with Crippen molar-refractivity contribution in [2.75, 3.05) is 7.11 Å². The predicted molar refractivity (Wildman–Crippen MR) is 129 cm³/mol. The maximum absolute atomic E-state index is 13.2. The Balaban J connectivity index is 1.30. The van der Waals surface area contributed by atoms with Gasteiger partial charge in [-0.25, -0.2) is 19.6 Å². The minimum atomic E-state index is -4.49. The summed E-state index contributed by atoms with van der Waals surface area (Å²) in [4.78, 5) is 13.2. The van der Waals surface area contributed by atoms with Crippen LogP contribution < -0.4 is 4.74 Å². The molecule has 0 saturated heterocycles. The first-order valence-corrected chi connectivity index (χ1v) is 11.9. The van der Waals surface area contributed by atoms with E-state index in [-0.39, 0.29) is 5.82 Å². The number of alkyl halides is 3. The van der Waals surface area contributed by atoms with Gasteiger partial charge in [-0.1, -0.05) is 24.3 Å². The van der Waals surface area contributed by atoms with E-state index in [1.165, 1.54) is 4.57 Å². The van der Waals surface area contributed by atoms with Gasteiger partial charge in [-0.3, -0.25) is 4.68 Å². The molecule has 1 saturated carbocycles. The molecule has 1 aliphatic carbocycles. The molecule has 0 spiro atoms. The van der Waals surface area contributed by atoms with E-state index >= 15 is 0 Å². The Hall–Kier alpha value is -4.22. The van der Waals surface area contributed by atoms with E-state index in [0.717, 1.165) is 35.7 Å². The average Bonchev–Trinajstić information content (AvgIpc) is 3.31. The Morgan fingerprint density at radius 3 is 2.49 bits per heavy atom. The van der Waals surface area contributed by atoms with Crippen molar-refractivity contribution in [3.63, 3.8) is 0 Å². The number of halogens is 3. The quantitative estimate of drug-likeness (QED) is 0.308. The first-order valence-electron chi connectivity index (χ1n) is 11.9. The molecule has 9 nitrogen and oxygen atoms in total. The number of ether oxygens (including phenoxy) is 1. The molecule has 1 aromatic carbocycles. The van der Waals surface area contributed by atoms with Gasteiger partial charge >= 0.3 is 6.18 Å². The molecule has 0 atom stereocenters. The third kappa shape index (κ3) is 4.21. The zero-order valence-corrected chi connectivity index (χ0v) is 20.1. The maximum atomic E-state index is 13.2. The van der Waals surface area contributed by atoms with Crippen molar-refractivity contribution < 1.29 is 17.9 Å². The first-order chi connectivity index (χ1) is 17.9. The Morgan fingerprint density at radius 1 is 1.03 bits per heavy atom. The summed E-state index contributed by atoms with van der Waals surface area (Å²) in [7, 11) is 1.60. The third-order valence-corrected chi connectivity index (χ3v) is 6.42. The zero-order chi connectivity index (χ0) is 25.7. The topological polar surface area (TPSA) is 88.5 Å². The molecule has 5 aromatic rings. The summed E-state index contributed by atoms with van der Waals surface area (Å²) in [6.07, 6.45) is 3.80. The normalized spacial score (nSPS) is 14.0. The van der Waals surface area contributed by atoms with E-state index in [1.54, 1.807) is 49.4 Å². The van der Waals surface area contributed by atoms with Crippen molar-refractivity contribution in [3.8, 4) is 28.7 Å². The molecular weight excluding hydrogens is 485 g/mol. The van der Waals surface area contributed by atoms with Gasteiger partial charge in [-0.15, -0.1) is 0 Å². The van der Waals surface area contributed by atoms with Gasteiger partial charge in [0.1, 0.15) is 11.5 Å². The van der Waals surface area contributed by atoms with Gasteiger partial charge in [0, 0.05) is 24.5 Å². The number of rotatable bonds is 7. The fraction of sp³-hybridized carbons (Fsp3) is 0.320. The summed E-state index contributed by atoms with van der Waals surface area (Å²) in [5.74, 6) is 1.41. The van der Waals surface area contributed by atoms with Crippen LogP contribution in [-0.4, -0.2) is 46.2 Å². The second kappa shape index (κ2) is 8.71. The van der Waals surface area contributed by atoms with Crippen LogP contribution in [0.1, 0.15) is 37.1 Å². The second-order valence-electron chi connectivity index (χ2n) is 8.94. The summed E-state index contributed by atoms with van der Waals surface area (Å²) in [6, 6.07) is 7.60. The number of methoxy groups -OCH3 is 1. The number of hydrogen-bond donors (Lipinski definition) is 0. The fourth-order valence-corrected chi connectivity index (χ4v) is 4.36. The summed E-state index contributed by atoms with van der Waals surface area (Å²) in [6.45, 7) is 2.59. The number of hydrogen-bond acceptors (Lipinski definition) is 6. The molecule has 0 unspecified atom stereocenters. The van der Waals surface area contributed by atoms with Crippen LogP contribution in [0.4, 0.5) is 13.2 Å². The van der Waals surface area contributed by atoms with Gasteiger partial charge in [0.25, 0.3) is 0 Å². The van der Waals surface area contributed by atoms with Gasteiger partial charge < -0.3 is 9.30 Å². The number of fused-ring (bicyclic) bond motifs is 1. The molecule has 0 aliphatic heterocycles. The Morgan fingerprint density at radius 2 is 1.81 bits per heavy atom. The summed E-state index contributed by atoms with van der Waals surface area (Å²) in [5.41, 5.74) is 2.04. The Kier molecular flexibility index (Phi) is 5.46. The lowest BCUT2D eigenvalue weighted by molar-refractivity contribution is -0.140. The van der Waals surface area contributed by atoms with Crippen LogP contribution in [0.5, 0.6) is 5.75 Å². The predicted octanol–water partition coefficient (Wildman–Crippen LogP) is 4.98. The minimum absolute atomic E-state index is 0.282. The highest BCUT2D eigenvalue weighted by Crippen LogP contribution is 2.40. The third-order valence-electron chi connectivity index (χ3n) is 6.42. The van der Waals surface area contributed by atoms with Crippen molar-refractivity contribution in [2.24, 2.45) is 0 Å². The summed E-state index contributed by atoms with van der Waals surface area (Å²) < 4.78 is 50.2. The van der Waals surface area contributed by atoms with Crippen LogP contribution in [0.3, 0.4) is 0 Å². The van der Waals surface area contributed by atoms with E-state index in [2.05, 4.69) is 20.2 Å². The number of nitrogens with zero attached hydrogens (tertiary/aromatic N) is 8. The Bertz CT molecular complexity index is 1580. The average molecular weight is 509 g/mol. The molecule has 1 fully saturated rings. The van der Waals surface area contributed by atoms with Crippen LogP contribution in [0.15, 0.2) is 49.1 Å². The molecule has 1 aliphatic rings. The van der Waals surface area contributed by atoms with Gasteiger partial charge in [-0.05, 0) is 25.3 Å². The van der Waals surface area contributed by atoms with Gasteiger partial charge in [0.15, 0.2) is 22.9 Å². The minimum Gasteiger partial charge on any atom is -0.493 e. The lowest BCUT2D eigenvalue weighted by Gasteiger charge is -2.09. The molecule has 37 heavy (non-hydrogen) atoms. The number of aryl methyl sites for hydroxylation is 1. The molecular formula is C25H23F3N8O. The molecule has 4 heterocycles. The van der Waals surface area contributed by atoms with E-state index in [9.17, 15) is 13.2 Å². The molecule has 0 N–H and O–H groups in total. The van der Waals surface area contributed by atoms with Crippen LogP contribution in [-0.2, 0) is 19.3 Å². The van der Waals surface area contributed by atoms with E-state index in [1.807, 2.05) is 16.8 Å². The molecule has 0 amide bonds. The van der Waals surface area contributed by atoms with Crippen LogP contribution in [0, 0.1) is 0 Å². The van der Waals surface area contributed by atoms with Crippen LogP contribution in [0.2, 0.25) is 0 Å². The first kappa shape index (κ1) is 23.2. The van der Waals surface area contributed by atoms with Crippen LogP contribution >= 0.6 is 0 Å². The van der Waals surface area contributed by atoms with Crippen LogP contribution in [0.25, 0.3) is 33.9 Å². The number of benzene rings is 1. The van der Waals surface area contributed by atoms with Crippen molar-refractivity contribution in [2.45, 2.75) is 45.1 Å². The molecule has 0 bridgehead atoms. The number of aromatic nitrogens is 8. The Labute approximate surface area is 209 Å². The zero-order valence-electron chi connectivity index (χ0n) is 20.1. The molecule has 4 aromatic heterocycles. The van der Waals surface area contributed by atoms with Crippen molar-refractivity contribution >= 4 is 11.0 Å². The van der Waals surface area contributed by atoms with E-state index in [0.29, 0.717) is 41.9 Å². The highest BCUT2D eigenvalue weighted by atomic mass is 19.4. The molecule has 6 rings (SSSR count).